The predicted octanol–water partition coefficient (Wildman–Crippen LogP) is 3.94. The van der Waals surface area contributed by atoms with E-state index in [-0.39, 0.29) is 23.1 Å². The summed E-state index contributed by atoms with van der Waals surface area (Å²) in [6.45, 7) is 0. The monoisotopic (exact) mass is 375 g/mol. The van der Waals surface area contributed by atoms with Crippen molar-refractivity contribution in [2.24, 2.45) is 0 Å². The van der Waals surface area contributed by atoms with E-state index in [0.717, 1.165) is 14.6 Å². The number of hydrogen-bond donors (Lipinski definition) is 1. The molecule has 2 aromatic carbocycles. The second-order valence-electron chi connectivity index (χ2n) is 4.93. The molecule has 1 N–H and O–H groups in total. The van der Waals surface area contributed by atoms with Crippen LogP contribution in [0.15, 0.2) is 46.8 Å². The summed E-state index contributed by atoms with van der Waals surface area (Å²) in [5.74, 6) is 0.184. The molecule has 3 rings (SSSR count). The molecule has 1 heterocycles. The Morgan fingerprint density at radius 2 is 2.16 bits per heavy atom. The van der Waals surface area contributed by atoms with E-state index in [1.54, 1.807) is 0 Å². The molecule has 0 aliphatic rings. The third-order valence-corrected chi connectivity index (χ3v) is 5.45. The molecule has 0 aliphatic carbocycles. The third-order valence-electron chi connectivity index (χ3n) is 3.27. The number of aromatic nitrogens is 1. The Bertz CT molecular complexity index is 909. The van der Waals surface area contributed by atoms with Gasteiger partial charge >= 0.3 is 0 Å². The van der Waals surface area contributed by atoms with Crippen LogP contribution in [0.25, 0.3) is 10.2 Å². The number of carbonyl (C=O) groups is 1. The van der Waals surface area contributed by atoms with E-state index in [4.69, 9.17) is 4.74 Å². The average Bonchev–Trinajstić information content (AvgIpc) is 3.03. The lowest BCUT2D eigenvalue weighted by atomic mass is 10.2. The van der Waals surface area contributed by atoms with Gasteiger partial charge in [-0.2, -0.15) is 0 Å². The molecule has 0 radical (unpaired) electrons. The van der Waals surface area contributed by atoms with Gasteiger partial charge in [0.15, 0.2) is 4.34 Å². The first-order valence-electron chi connectivity index (χ1n) is 7.17. The molecule has 0 saturated carbocycles. The van der Waals surface area contributed by atoms with Crippen LogP contribution in [0.4, 0.5) is 11.4 Å². The van der Waals surface area contributed by atoms with Crippen molar-refractivity contribution in [3.63, 3.8) is 0 Å². The zero-order chi connectivity index (χ0) is 17.8. The van der Waals surface area contributed by atoms with E-state index in [1.165, 1.54) is 48.4 Å². The van der Waals surface area contributed by atoms with Gasteiger partial charge in [-0.3, -0.25) is 14.9 Å². The lowest BCUT2D eigenvalue weighted by molar-refractivity contribution is -0.384. The van der Waals surface area contributed by atoms with Crippen LogP contribution in [0.3, 0.4) is 0 Å². The first kappa shape index (κ1) is 17.2. The minimum atomic E-state index is -0.517. The molecule has 0 fully saturated rings. The van der Waals surface area contributed by atoms with E-state index < -0.39 is 4.92 Å². The van der Waals surface area contributed by atoms with Crippen LogP contribution in [-0.4, -0.2) is 28.7 Å². The van der Waals surface area contributed by atoms with Gasteiger partial charge < -0.3 is 10.1 Å². The van der Waals surface area contributed by atoms with Gasteiger partial charge in [0.05, 0.1) is 39.8 Å². The van der Waals surface area contributed by atoms with Crippen LogP contribution in [0.2, 0.25) is 0 Å². The van der Waals surface area contributed by atoms with Crippen LogP contribution in [0, 0.1) is 10.1 Å². The van der Waals surface area contributed by atoms with E-state index >= 15 is 0 Å². The summed E-state index contributed by atoms with van der Waals surface area (Å²) in [6.07, 6.45) is 0. The third kappa shape index (κ3) is 4.06. The number of hydrogen-bond acceptors (Lipinski definition) is 7. The van der Waals surface area contributed by atoms with Crippen LogP contribution in [0.1, 0.15) is 0 Å². The Hall–Kier alpha value is -2.65. The number of rotatable bonds is 6. The van der Waals surface area contributed by atoms with E-state index in [1.807, 2.05) is 24.3 Å². The first-order valence-corrected chi connectivity index (χ1v) is 8.97. The normalized spacial score (nSPS) is 10.6. The number of nitro benzene ring substituents is 1. The molecule has 128 valence electrons. The van der Waals surface area contributed by atoms with Gasteiger partial charge in [0.1, 0.15) is 5.75 Å². The number of nitrogens with zero attached hydrogens (tertiary/aromatic N) is 2. The number of amides is 1. The van der Waals surface area contributed by atoms with Gasteiger partial charge in [-0.15, -0.1) is 11.3 Å². The smallest absolute Gasteiger partial charge is 0.273 e. The lowest BCUT2D eigenvalue weighted by Gasteiger charge is -2.09. The number of carbonyl (C=O) groups excluding carboxylic acids is 1. The standard InChI is InChI=1S/C16H13N3O4S2/c1-23-13-8-10(19(21)22)6-7-11(13)17-15(20)9-24-16-18-12-4-2-3-5-14(12)25-16/h2-8H,9H2,1H3,(H,17,20). The van der Waals surface area contributed by atoms with Crippen molar-refractivity contribution in [3.8, 4) is 5.75 Å². The van der Waals surface area contributed by atoms with Gasteiger partial charge in [-0.25, -0.2) is 4.98 Å². The molecule has 3 aromatic rings. The summed E-state index contributed by atoms with van der Waals surface area (Å²) in [6, 6.07) is 11.8. The maximum absolute atomic E-state index is 12.1. The zero-order valence-electron chi connectivity index (χ0n) is 13.1. The van der Waals surface area contributed by atoms with Gasteiger partial charge in [0, 0.05) is 6.07 Å². The van der Waals surface area contributed by atoms with Crippen LogP contribution >= 0.6 is 23.1 Å². The Kier molecular flexibility index (Phi) is 5.15. The number of thiazole rings is 1. The Balaban J connectivity index is 1.65. The van der Waals surface area contributed by atoms with Crippen molar-refractivity contribution in [2.75, 3.05) is 18.2 Å². The SMILES string of the molecule is COc1cc([N+](=O)[O-])ccc1NC(=O)CSc1nc2ccccc2s1. The molecule has 0 unspecified atom stereocenters. The van der Waals surface area contributed by atoms with Gasteiger partial charge in [0.2, 0.25) is 5.91 Å². The fourth-order valence-electron chi connectivity index (χ4n) is 2.12. The molecular formula is C16H13N3O4S2. The average molecular weight is 375 g/mol. The zero-order valence-corrected chi connectivity index (χ0v) is 14.7. The maximum atomic E-state index is 12.1. The number of methoxy groups -OCH3 is 1. The van der Waals surface area contributed by atoms with Gasteiger partial charge in [-0.05, 0) is 18.2 Å². The lowest BCUT2D eigenvalue weighted by Crippen LogP contribution is -2.14. The molecule has 1 aromatic heterocycles. The molecule has 0 bridgehead atoms. The fourth-order valence-corrected chi connectivity index (χ4v) is 3.99. The molecule has 0 aliphatic heterocycles. The largest absolute Gasteiger partial charge is 0.494 e. The highest BCUT2D eigenvalue weighted by atomic mass is 32.2. The number of anilines is 1. The van der Waals surface area contributed by atoms with Crippen molar-refractivity contribution < 1.29 is 14.5 Å². The summed E-state index contributed by atoms with van der Waals surface area (Å²) in [5.41, 5.74) is 1.20. The molecule has 25 heavy (non-hydrogen) atoms. The minimum absolute atomic E-state index is 0.0984. The maximum Gasteiger partial charge on any atom is 0.273 e. The number of non-ortho nitro benzene ring substituents is 1. The molecule has 0 atom stereocenters. The summed E-state index contributed by atoms with van der Waals surface area (Å²) >= 11 is 2.87. The first-order chi connectivity index (χ1) is 12.1. The number of benzene rings is 2. The van der Waals surface area contributed by atoms with Gasteiger partial charge in [-0.1, -0.05) is 23.9 Å². The summed E-state index contributed by atoms with van der Waals surface area (Å²) in [7, 11) is 1.39. The Morgan fingerprint density at radius 1 is 1.36 bits per heavy atom. The van der Waals surface area contributed by atoms with Crippen molar-refractivity contribution in [3.05, 3.63) is 52.6 Å². The molecule has 0 saturated heterocycles. The van der Waals surface area contributed by atoms with E-state index in [9.17, 15) is 14.9 Å². The highest BCUT2D eigenvalue weighted by Gasteiger charge is 2.14. The van der Waals surface area contributed by atoms with Crippen molar-refractivity contribution in [1.82, 2.24) is 4.98 Å². The second kappa shape index (κ2) is 7.49. The summed E-state index contributed by atoms with van der Waals surface area (Å²) in [4.78, 5) is 26.9. The van der Waals surface area contributed by atoms with Crippen LogP contribution < -0.4 is 10.1 Å². The fraction of sp³-hybridized carbons (Fsp3) is 0.125. The number of fused-ring (bicyclic) bond motifs is 1. The summed E-state index contributed by atoms with van der Waals surface area (Å²) in [5, 5.41) is 13.5. The van der Waals surface area contributed by atoms with Crippen molar-refractivity contribution in [1.29, 1.82) is 0 Å². The second-order valence-corrected chi connectivity index (χ2v) is 7.18. The Morgan fingerprint density at radius 3 is 2.88 bits per heavy atom. The highest BCUT2D eigenvalue weighted by Crippen LogP contribution is 2.31. The van der Waals surface area contributed by atoms with Crippen molar-refractivity contribution in [2.45, 2.75) is 4.34 Å². The minimum Gasteiger partial charge on any atom is -0.494 e. The van der Waals surface area contributed by atoms with Crippen LogP contribution in [-0.2, 0) is 4.79 Å². The number of ether oxygens (including phenoxy) is 1. The molecule has 1 amide bonds. The number of nitro groups is 1. The van der Waals surface area contributed by atoms with E-state index in [0.29, 0.717) is 5.69 Å². The Labute approximate surface area is 151 Å². The van der Waals surface area contributed by atoms with E-state index in [2.05, 4.69) is 10.3 Å². The molecule has 0 spiro atoms. The highest BCUT2D eigenvalue weighted by molar-refractivity contribution is 8.01. The quantitative estimate of drug-likeness (QED) is 0.398. The topological polar surface area (TPSA) is 94.4 Å². The summed E-state index contributed by atoms with van der Waals surface area (Å²) < 4.78 is 6.99. The predicted molar refractivity (Wildman–Crippen MR) is 98.6 cm³/mol. The molecule has 9 heteroatoms. The molecular weight excluding hydrogens is 362 g/mol. The van der Waals surface area contributed by atoms with Crippen molar-refractivity contribution >= 4 is 50.6 Å². The number of thioether (sulfide) groups is 1. The number of para-hydroxylation sites is 1. The molecule has 7 nitrogen and oxygen atoms in total. The van der Waals surface area contributed by atoms with Gasteiger partial charge in [0.25, 0.3) is 5.69 Å². The number of nitrogens with one attached hydrogen (secondary N) is 1. The van der Waals surface area contributed by atoms with Crippen LogP contribution in [0.5, 0.6) is 5.75 Å².